The Bertz CT molecular complexity index is 697. The summed E-state index contributed by atoms with van der Waals surface area (Å²) in [7, 11) is 0. The summed E-state index contributed by atoms with van der Waals surface area (Å²) in [6.07, 6.45) is 0.618. The maximum atomic E-state index is 12.4. The van der Waals surface area contributed by atoms with Crippen LogP contribution in [0.4, 0.5) is 4.79 Å². The van der Waals surface area contributed by atoms with Crippen LogP contribution in [0.25, 0.3) is 0 Å². The van der Waals surface area contributed by atoms with Crippen LogP contribution in [0.15, 0.2) is 24.3 Å². The number of nitrogens with one attached hydrogen (secondary N) is 2. The number of carbonyl (C=O) groups excluding carboxylic acids is 2. The van der Waals surface area contributed by atoms with Crippen LogP contribution >= 0.6 is 0 Å². The molecule has 2 amide bonds. The van der Waals surface area contributed by atoms with Crippen LogP contribution < -0.4 is 15.4 Å². The lowest BCUT2D eigenvalue weighted by molar-refractivity contribution is 0.0485. The van der Waals surface area contributed by atoms with Gasteiger partial charge in [-0.1, -0.05) is 0 Å². The average molecular weight is 359 g/mol. The van der Waals surface area contributed by atoms with Gasteiger partial charge in [-0.2, -0.15) is 5.26 Å². The zero-order valence-corrected chi connectivity index (χ0v) is 15.6. The number of hydrogen-bond donors (Lipinski definition) is 2. The van der Waals surface area contributed by atoms with Crippen molar-refractivity contribution >= 4 is 12.0 Å². The van der Waals surface area contributed by atoms with Crippen molar-refractivity contribution in [3.8, 4) is 11.8 Å². The topological polar surface area (TPSA) is 100 Å². The minimum atomic E-state index is -0.839. The molecule has 2 N–H and O–H groups in total. The van der Waals surface area contributed by atoms with Crippen LogP contribution in [-0.4, -0.2) is 35.8 Å². The van der Waals surface area contributed by atoms with E-state index in [0.717, 1.165) is 0 Å². The van der Waals surface area contributed by atoms with E-state index in [0.29, 0.717) is 30.8 Å². The summed E-state index contributed by atoms with van der Waals surface area (Å²) in [6, 6.07) is 7.91. The first-order valence-corrected chi connectivity index (χ1v) is 8.63. The van der Waals surface area contributed by atoms with Crippen LogP contribution in [-0.2, 0) is 4.74 Å². The summed E-state index contributed by atoms with van der Waals surface area (Å²) in [4.78, 5) is 24.4. The minimum absolute atomic E-state index is 0.378. The number of rotatable bonds is 6. The summed E-state index contributed by atoms with van der Waals surface area (Å²) >= 11 is 0. The van der Waals surface area contributed by atoms with Crippen LogP contribution in [0.2, 0.25) is 0 Å². The number of amides is 2. The number of hydrogen-bond acceptors (Lipinski definition) is 5. The molecule has 0 radical (unpaired) electrons. The van der Waals surface area contributed by atoms with Crippen LogP contribution in [0.1, 0.15) is 50.9 Å². The quantitative estimate of drug-likeness (QED) is 0.813. The molecule has 1 aromatic rings. The maximum absolute atomic E-state index is 12.4. The average Bonchev–Trinajstić information content (AvgIpc) is 3.31. The fraction of sp³-hybridized carbons (Fsp3) is 0.526. The molecule has 1 saturated carbocycles. The van der Waals surface area contributed by atoms with Gasteiger partial charge in [0.25, 0.3) is 5.91 Å². The Morgan fingerprint density at radius 1 is 1.27 bits per heavy atom. The van der Waals surface area contributed by atoms with Gasteiger partial charge in [0.2, 0.25) is 0 Å². The highest BCUT2D eigenvalue weighted by atomic mass is 16.6. The molecular weight excluding hydrogens is 334 g/mol. The molecule has 1 unspecified atom stereocenters. The Hall–Kier alpha value is -2.75. The van der Waals surface area contributed by atoms with Gasteiger partial charge in [0.05, 0.1) is 18.2 Å². The molecule has 26 heavy (non-hydrogen) atoms. The molecule has 0 aliphatic heterocycles. The molecule has 7 heteroatoms. The number of nitriles is 1. The highest BCUT2D eigenvalue weighted by Gasteiger charge is 2.52. The van der Waals surface area contributed by atoms with Gasteiger partial charge in [0.15, 0.2) is 0 Å². The summed E-state index contributed by atoms with van der Waals surface area (Å²) in [6.45, 7) is 7.72. The fourth-order valence-corrected chi connectivity index (χ4v) is 2.50. The minimum Gasteiger partial charge on any atom is -0.494 e. The monoisotopic (exact) mass is 359 g/mol. The lowest BCUT2D eigenvalue weighted by Gasteiger charge is -2.26. The standard InChI is InChI=1S/C19H25N3O4/c1-5-25-14-8-6-13(7-9-14)16(23)21-15(12-20)19(10-11-19)22-17(24)26-18(2,3)4/h6-9,15H,5,10-11H2,1-4H3,(H,21,23)(H,22,24). The smallest absolute Gasteiger partial charge is 0.408 e. The van der Waals surface area contributed by atoms with Crippen molar-refractivity contribution in [1.82, 2.24) is 10.6 Å². The molecule has 7 nitrogen and oxygen atoms in total. The second-order valence-corrected chi connectivity index (χ2v) is 7.28. The van der Waals surface area contributed by atoms with E-state index in [1.54, 1.807) is 45.0 Å². The molecule has 140 valence electrons. The van der Waals surface area contributed by atoms with E-state index in [4.69, 9.17) is 9.47 Å². The van der Waals surface area contributed by atoms with Gasteiger partial charge in [-0.15, -0.1) is 0 Å². The molecule has 2 rings (SSSR count). The summed E-state index contributed by atoms with van der Waals surface area (Å²) in [5, 5.41) is 14.9. The van der Waals surface area contributed by atoms with Crippen LogP contribution in [0.3, 0.4) is 0 Å². The van der Waals surface area contributed by atoms with E-state index in [1.165, 1.54) is 0 Å². The first-order valence-electron chi connectivity index (χ1n) is 8.63. The molecule has 0 saturated heterocycles. The van der Waals surface area contributed by atoms with Gasteiger partial charge in [-0.05, 0) is 64.8 Å². The van der Waals surface area contributed by atoms with Gasteiger partial charge in [-0.25, -0.2) is 4.79 Å². The molecule has 1 atom stereocenters. The summed E-state index contributed by atoms with van der Waals surface area (Å²) in [5.41, 5.74) is -0.993. The zero-order valence-electron chi connectivity index (χ0n) is 15.6. The molecule has 1 fully saturated rings. The van der Waals surface area contributed by atoms with E-state index in [1.807, 2.05) is 6.92 Å². The lowest BCUT2D eigenvalue weighted by Crippen LogP contribution is -2.54. The molecule has 1 aliphatic carbocycles. The second-order valence-electron chi connectivity index (χ2n) is 7.28. The van der Waals surface area contributed by atoms with Gasteiger partial charge in [0.1, 0.15) is 17.4 Å². The lowest BCUT2D eigenvalue weighted by atomic mass is 10.1. The number of benzene rings is 1. The van der Waals surface area contributed by atoms with Gasteiger partial charge < -0.3 is 20.1 Å². The van der Waals surface area contributed by atoms with E-state index in [-0.39, 0.29) is 5.91 Å². The van der Waals surface area contributed by atoms with Crippen LogP contribution in [0.5, 0.6) is 5.75 Å². The van der Waals surface area contributed by atoms with Crippen molar-refractivity contribution in [1.29, 1.82) is 5.26 Å². The number of alkyl carbamates (subject to hydrolysis) is 1. The number of ether oxygens (including phenoxy) is 2. The molecule has 1 aromatic carbocycles. The van der Waals surface area contributed by atoms with Crippen molar-refractivity contribution in [2.45, 2.75) is 57.7 Å². The number of nitrogens with zero attached hydrogens (tertiary/aromatic N) is 1. The normalized spacial score (nSPS) is 16.0. The Balaban J connectivity index is 2.01. The Kier molecular flexibility index (Phi) is 5.76. The van der Waals surface area contributed by atoms with Gasteiger partial charge in [0, 0.05) is 5.56 Å². The zero-order chi connectivity index (χ0) is 19.4. The van der Waals surface area contributed by atoms with E-state index in [9.17, 15) is 14.9 Å². The van der Waals surface area contributed by atoms with Gasteiger partial charge in [-0.3, -0.25) is 4.79 Å². The summed E-state index contributed by atoms with van der Waals surface area (Å²) < 4.78 is 10.6. The third-order valence-electron chi connectivity index (χ3n) is 3.92. The van der Waals surface area contributed by atoms with Crippen LogP contribution in [0, 0.1) is 11.3 Å². The maximum Gasteiger partial charge on any atom is 0.408 e. The predicted octanol–water partition coefficient (Wildman–Crippen LogP) is 2.76. The molecule has 1 aliphatic rings. The highest BCUT2D eigenvalue weighted by Crippen LogP contribution is 2.39. The van der Waals surface area contributed by atoms with E-state index < -0.39 is 23.3 Å². The van der Waals surface area contributed by atoms with Crippen molar-refractivity contribution in [3.63, 3.8) is 0 Å². The molecule has 0 heterocycles. The van der Waals surface area contributed by atoms with E-state index in [2.05, 4.69) is 16.7 Å². The molecule has 0 aromatic heterocycles. The second kappa shape index (κ2) is 7.65. The Labute approximate surface area is 153 Å². The molecule has 0 spiro atoms. The Morgan fingerprint density at radius 3 is 2.35 bits per heavy atom. The number of carbonyl (C=O) groups is 2. The van der Waals surface area contributed by atoms with Crippen molar-refractivity contribution < 1.29 is 19.1 Å². The highest BCUT2D eigenvalue weighted by molar-refractivity contribution is 5.94. The first-order chi connectivity index (χ1) is 12.2. The SMILES string of the molecule is CCOc1ccc(C(=O)NC(C#N)C2(NC(=O)OC(C)(C)C)CC2)cc1. The third-order valence-corrected chi connectivity index (χ3v) is 3.92. The fourth-order valence-electron chi connectivity index (χ4n) is 2.50. The largest absolute Gasteiger partial charge is 0.494 e. The third kappa shape index (κ3) is 5.12. The molecule has 0 bridgehead atoms. The first kappa shape index (κ1) is 19.6. The molecular formula is C19H25N3O4. The van der Waals surface area contributed by atoms with Crippen molar-refractivity contribution in [2.75, 3.05) is 6.61 Å². The van der Waals surface area contributed by atoms with E-state index >= 15 is 0 Å². The Morgan fingerprint density at radius 2 is 1.88 bits per heavy atom. The van der Waals surface area contributed by atoms with Crippen molar-refractivity contribution in [2.24, 2.45) is 0 Å². The summed E-state index contributed by atoms with van der Waals surface area (Å²) in [5.74, 6) is 0.294. The van der Waals surface area contributed by atoms with Crippen molar-refractivity contribution in [3.05, 3.63) is 29.8 Å². The predicted molar refractivity (Wildman–Crippen MR) is 95.8 cm³/mol. The van der Waals surface area contributed by atoms with Gasteiger partial charge >= 0.3 is 6.09 Å².